The third-order valence-electron chi connectivity index (χ3n) is 4.89. The Morgan fingerprint density at radius 3 is 2.48 bits per heavy atom. The van der Waals surface area contributed by atoms with Crippen LogP contribution in [0.3, 0.4) is 0 Å². The largest absolute Gasteiger partial charge is 0.342 e. The van der Waals surface area contributed by atoms with Crippen molar-refractivity contribution in [1.82, 2.24) is 9.55 Å². The minimum Gasteiger partial charge on any atom is -0.342 e. The van der Waals surface area contributed by atoms with Crippen LogP contribution in [0.1, 0.15) is 56.0 Å². The monoisotopic (exact) mass is 311 g/mol. The van der Waals surface area contributed by atoms with E-state index in [4.69, 9.17) is 4.98 Å². The number of hydrogen-bond donors (Lipinski definition) is 0. The Bertz CT molecular complexity index is 609. The first kappa shape index (κ1) is 16.1. The molecule has 1 aromatic heterocycles. The molecule has 0 aliphatic carbocycles. The van der Waals surface area contributed by atoms with E-state index in [1.165, 1.54) is 55.0 Å². The smallest absolute Gasteiger partial charge is 0.205 e. The highest BCUT2D eigenvalue weighted by atomic mass is 15.3. The molecule has 0 N–H and O–H groups in total. The van der Waals surface area contributed by atoms with Gasteiger partial charge in [0.25, 0.3) is 0 Å². The van der Waals surface area contributed by atoms with Crippen LogP contribution >= 0.6 is 0 Å². The lowest BCUT2D eigenvalue weighted by Gasteiger charge is -2.17. The summed E-state index contributed by atoms with van der Waals surface area (Å²) in [6.45, 7) is 4.58. The highest BCUT2D eigenvalue weighted by Crippen LogP contribution is 2.25. The number of aromatic nitrogens is 2. The van der Waals surface area contributed by atoms with Crippen LogP contribution in [0.2, 0.25) is 0 Å². The minimum absolute atomic E-state index is 0.986. The van der Waals surface area contributed by atoms with Gasteiger partial charge in [0.2, 0.25) is 5.95 Å². The van der Waals surface area contributed by atoms with Crippen molar-refractivity contribution in [3.05, 3.63) is 47.3 Å². The van der Waals surface area contributed by atoms with Crippen molar-refractivity contribution in [3.8, 4) is 0 Å². The first-order valence-corrected chi connectivity index (χ1v) is 9.13. The van der Waals surface area contributed by atoms with Crippen molar-refractivity contribution in [1.29, 1.82) is 0 Å². The van der Waals surface area contributed by atoms with Crippen molar-refractivity contribution in [3.63, 3.8) is 0 Å². The topological polar surface area (TPSA) is 21.1 Å². The van der Waals surface area contributed by atoms with Crippen LogP contribution in [0.25, 0.3) is 0 Å². The summed E-state index contributed by atoms with van der Waals surface area (Å²) >= 11 is 0. The number of rotatable bonds is 7. The van der Waals surface area contributed by atoms with Gasteiger partial charge >= 0.3 is 0 Å². The van der Waals surface area contributed by atoms with Crippen molar-refractivity contribution < 1.29 is 0 Å². The summed E-state index contributed by atoms with van der Waals surface area (Å²) in [5.41, 5.74) is 4.08. The lowest BCUT2D eigenvalue weighted by Crippen LogP contribution is -2.21. The number of unbranched alkanes of at least 4 members (excludes halogenated alkanes) is 2. The highest BCUT2D eigenvalue weighted by molar-refractivity contribution is 5.40. The fraction of sp³-hybridized carbons (Fsp3) is 0.550. The van der Waals surface area contributed by atoms with Gasteiger partial charge in [0, 0.05) is 32.3 Å². The molecule has 0 bridgehead atoms. The Morgan fingerprint density at radius 1 is 1.04 bits per heavy atom. The Morgan fingerprint density at radius 2 is 1.78 bits per heavy atom. The van der Waals surface area contributed by atoms with Crippen LogP contribution < -0.4 is 4.90 Å². The molecule has 2 heterocycles. The maximum absolute atomic E-state index is 5.05. The van der Waals surface area contributed by atoms with Crippen molar-refractivity contribution >= 4 is 5.95 Å². The van der Waals surface area contributed by atoms with Gasteiger partial charge < -0.3 is 9.47 Å². The summed E-state index contributed by atoms with van der Waals surface area (Å²) in [5, 5.41) is 0. The fourth-order valence-electron chi connectivity index (χ4n) is 3.53. The van der Waals surface area contributed by atoms with Crippen molar-refractivity contribution in [2.75, 3.05) is 18.0 Å². The summed E-state index contributed by atoms with van der Waals surface area (Å²) in [6, 6.07) is 10.8. The van der Waals surface area contributed by atoms with Crippen LogP contribution in [0, 0.1) is 0 Å². The maximum atomic E-state index is 5.05. The second-order valence-electron chi connectivity index (χ2n) is 6.68. The lowest BCUT2D eigenvalue weighted by molar-refractivity contribution is 0.703. The Hall–Kier alpha value is -1.77. The third-order valence-corrected chi connectivity index (χ3v) is 4.89. The molecular formula is C20H29N3. The van der Waals surface area contributed by atoms with Crippen LogP contribution in [0.15, 0.2) is 30.3 Å². The molecule has 0 atom stereocenters. The van der Waals surface area contributed by atoms with E-state index in [2.05, 4.69) is 53.8 Å². The van der Waals surface area contributed by atoms with Gasteiger partial charge in [0.15, 0.2) is 0 Å². The van der Waals surface area contributed by atoms with Gasteiger partial charge in [-0.05, 0) is 31.2 Å². The minimum atomic E-state index is 0.986. The fourth-order valence-corrected chi connectivity index (χ4v) is 3.53. The molecule has 0 unspecified atom stereocenters. The zero-order valence-electron chi connectivity index (χ0n) is 14.6. The molecule has 0 amide bonds. The van der Waals surface area contributed by atoms with Crippen LogP contribution in [-0.2, 0) is 19.9 Å². The average molecular weight is 311 g/mol. The Kier molecular flexibility index (Phi) is 5.37. The summed E-state index contributed by atoms with van der Waals surface area (Å²) < 4.78 is 2.35. The zero-order chi connectivity index (χ0) is 16.1. The molecule has 1 fully saturated rings. The lowest BCUT2D eigenvalue weighted by atomic mass is 10.1. The Labute approximate surface area is 140 Å². The predicted octanol–water partition coefficient (Wildman–Crippen LogP) is 4.34. The van der Waals surface area contributed by atoms with Gasteiger partial charge in [-0.25, -0.2) is 4.98 Å². The molecule has 1 aliphatic heterocycles. The van der Waals surface area contributed by atoms with E-state index < -0.39 is 0 Å². The molecule has 1 saturated heterocycles. The molecule has 0 saturated carbocycles. The van der Waals surface area contributed by atoms with Crippen molar-refractivity contribution in [2.24, 2.45) is 7.05 Å². The summed E-state index contributed by atoms with van der Waals surface area (Å²) in [7, 11) is 2.20. The number of imidazole rings is 1. The number of anilines is 1. The zero-order valence-corrected chi connectivity index (χ0v) is 14.6. The molecule has 1 aromatic carbocycles. The number of benzene rings is 1. The van der Waals surface area contributed by atoms with Gasteiger partial charge in [0.1, 0.15) is 0 Å². The van der Waals surface area contributed by atoms with E-state index in [1.807, 2.05) is 0 Å². The van der Waals surface area contributed by atoms with E-state index in [9.17, 15) is 0 Å². The molecule has 3 nitrogen and oxygen atoms in total. The summed E-state index contributed by atoms with van der Waals surface area (Å²) in [5.74, 6) is 1.18. The van der Waals surface area contributed by atoms with Gasteiger partial charge in [-0.3, -0.25) is 0 Å². The quantitative estimate of drug-likeness (QED) is 0.709. The molecule has 0 spiro atoms. The first-order chi connectivity index (χ1) is 11.3. The molecule has 23 heavy (non-hydrogen) atoms. The first-order valence-electron chi connectivity index (χ1n) is 9.13. The SMILES string of the molecule is CCCCCc1nc(N2CCCC2)n(C)c1Cc1ccccc1. The van der Waals surface area contributed by atoms with E-state index in [0.29, 0.717) is 0 Å². The predicted molar refractivity (Wildman–Crippen MR) is 97.1 cm³/mol. The standard InChI is InChI=1S/C20H29N3/c1-3-4-6-13-18-19(16-17-11-7-5-8-12-17)22(2)20(21-18)23-14-9-10-15-23/h5,7-8,11-12H,3-4,6,9-10,13-16H2,1-2H3. The summed E-state index contributed by atoms with van der Waals surface area (Å²) in [6.07, 6.45) is 8.49. The van der Waals surface area contributed by atoms with E-state index >= 15 is 0 Å². The summed E-state index contributed by atoms with van der Waals surface area (Å²) in [4.78, 5) is 7.50. The van der Waals surface area contributed by atoms with Gasteiger partial charge in [-0.15, -0.1) is 0 Å². The molecule has 2 aromatic rings. The van der Waals surface area contributed by atoms with Crippen molar-refractivity contribution in [2.45, 2.75) is 51.9 Å². The number of hydrogen-bond acceptors (Lipinski definition) is 2. The van der Waals surface area contributed by atoms with E-state index in [-0.39, 0.29) is 0 Å². The highest BCUT2D eigenvalue weighted by Gasteiger charge is 2.21. The van der Waals surface area contributed by atoms with Gasteiger partial charge in [-0.2, -0.15) is 0 Å². The van der Waals surface area contributed by atoms with Gasteiger partial charge in [0.05, 0.1) is 5.69 Å². The van der Waals surface area contributed by atoms with E-state index in [1.54, 1.807) is 0 Å². The van der Waals surface area contributed by atoms with E-state index in [0.717, 1.165) is 25.9 Å². The molecular weight excluding hydrogens is 282 g/mol. The maximum Gasteiger partial charge on any atom is 0.205 e. The van der Waals surface area contributed by atoms with Crippen LogP contribution in [0.5, 0.6) is 0 Å². The third kappa shape index (κ3) is 3.77. The van der Waals surface area contributed by atoms with Crippen LogP contribution in [0.4, 0.5) is 5.95 Å². The second-order valence-corrected chi connectivity index (χ2v) is 6.68. The second kappa shape index (κ2) is 7.67. The Balaban J connectivity index is 1.87. The molecule has 1 aliphatic rings. The van der Waals surface area contributed by atoms with Crippen LogP contribution in [-0.4, -0.2) is 22.6 Å². The molecule has 3 rings (SSSR count). The number of nitrogens with zero attached hydrogens (tertiary/aromatic N) is 3. The molecule has 3 heteroatoms. The normalized spacial score (nSPS) is 14.6. The number of aryl methyl sites for hydroxylation is 1. The average Bonchev–Trinajstić information content (AvgIpc) is 3.19. The van der Waals surface area contributed by atoms with Gasteiger partial charge in [-0.1, -0.05) is 50.1 Å². The molecule has 0 radical (unpaired) electrons. The molecule has 124 valence electrons.